The third kappa shape index (κ3) is 3.68. The van der Waals surface area contributed by atoms with Crippen LogP contribution in [0.1, 0.15) is 28.8 Å². The van der Waals surface area contributed by atoms with Crippen LogP contribution in [0.2, 0.25) is 5.15 Å². The van der Waals surface area contributed by atoms with Crippen molar-refractivity contribution >= 4 is 28.6 Å². The number of nitrogens with two attached hydrogens (primary N) is 1. The van der Waals surface area contributed by atoms with Gasteiger partial charge >= 0.3 is 0 Å². The van der Waals surface area contributed by atoms with Crippen molar-refractivity contribution in [1.82, 2.24) is 19.5 Å². The summed E-state index contributed by atoms with van der Waals surface area (Å²) in [5.74, 6) is 6.79. The number of nitrogens with zero attached hydrogens (tertiary/aromatic N) is 4. The van der Waals surface area contributed by atoms with Crippen molar-refractivity contribution < 1.29 is 9.84 Å². The fourth-order valence-electron chi connectivity index (χ4n) is 2.98. The van der Waals surface area contributed by atoms with E-state index >= 15 is 0 Å². The van der Waals surface area contributed by atoms with Crippen LogP contribution in [0.3, 0.4) is 0 Å². The molecule has 0 aliphatic carbocycles. The molecule has 0 bridgehead atoms. The first-order chi connectivity index (χ1) is 13.0. The zero-order valence-corrected chi connectivity index (χ0v) is 16.1. The number of hydrogen-bond donors (Lipinski definition) is 2. The van der Waals surface area contributed by atoms with Gasteiger partial charge in [-0.15, -0.1) is 0 Å². The molecular formula is C19H20ClN5O2. The molecule has 0 amide bonds. The second kappa shape index (κ2) is 7.82. The number of aryl methyl sites for hydroxylation is 1. The number of anilines is 1. The first-order valence-corrected chi connectivity index (χ1v) is 8.74. The van der Waals surface area contributed by atoms with Gasteiger partial charge in [-0.05, 0) is 25.0 Å². The largest absolute Gasteiger partial charge is 0.495 e. The van der Waals surface area contributed by atoms with E-state index in [2.05, 4.69) is 26.8 Å². The van der Waals surface area contributed by atoms with E-state index in [1.165, 1.54) is 0 Å². The summed E-state index contributed by atoms with van der Waals surface area (Å²) in [5, 5.41) is 9.85. The van der Waals surface area contributed by atoms with Gasteiger partial charge in [0.05, 0.1) is 36.9 Å². The maximum Gasteiger partial charge on any atom is 0.223 e. The Bertz CT molecular complexity index is 1070. The van der Waals surface area contributed by atoms with E-state index in [0.29, 0.717) is 29.6 Å². The molecule has 3 aromatic heterocycles. The predicted molar refractivity (Wildman–Crippen MR) is 105 cm³/mol. The van der Waals surface area contributed by atoms with E-state index in [1.807, 2.05) is 30.8 Å². The van der Waals surface area contributed by atoms with E-state index in [1.54, 1.807) is 7.11 Å². The zero-order chi connectivity index (χ0) is 19.6. The van der Waals surface area contributed by atoms with Gasteiger partial charge in [-0.3, -0.25) is 4.98 Å². The highest BCUT2D eigenvalue weighted by atomic mass is 35.5. The second-order valence-electron chi connectivity index (χ2n) is 6.04. The smallest absolute Gasteiger partial charge is 0.223 e. The molecule has 0 spiro atoms. The summed E-state index contributed by atoms with van der Waals surface area (Å²) < 4.78 is 7.38. The second-order valence-corrected chi connectivity index (χ2v) is 6.40. The topological polar surface area (TPSA) is 99.1 Å². The van der Waals surface area contributed by atoms with Gasteiger partial charge in [0.25, 0.3) is 0 Å². The molecular weight excluding hydrogens is 366 g/mol. The molecule has 0 saturated heterocycles. The Kier molecular flexibility index (Phi) is 5.49. The monoisotopic (exact) mass is 385 g/mol. The Hall–Kier alpha value is -2.82. The van der Waals surface area contributed by atoms with Crippen molar-refractivity contribution in [3.63, 3.8) is 0 Å². The highest BCUT2D eigenvalue weighted by Gasteiger charge is 2.16. The number of rotatable bonds is 4. The Balaban J connectivity index is 2.14. The van der Waals surface area contributed by atoms with Crippen molar-refractivity contribution in [2.45, 2.75) is 26.8 Å². The molecule has 0 unspecified atom stereocenters. The van der Waals surface area contributed by atoms with Crippen LogP contribution in [-0.2, 0) is 6.54 Å². The van der Waals surface area contributed by atoms with Crippen LogP contribution in [0.4, 0.5) is 5.95 Å². The summed E-state index contributed by atoms with van der Waals surface area (Å²) in [6, 6.07) is 0. The summed E-state index contributed by atoms with van der Waals surface area (Å²) in [6.45, 7) is 4.40. The number of aliphatic hydroxyl groups is 1. The lowest BCUT2D eigenvalue weighted by Crippen LogP contribution is -2.06. The van der Waals surface area contributed by atoms with Crippen molar-refractivity contribution in [2.24, 2.45) is 0 Å². The molecule has 0 aromatic carbocycles. The van der Waals surface area contributed by atoms with Crippen LogP contribution in [0.15, 0.2) is 12.4 Å². The van der Waals surface area contributed by atoms with E-state index in [0.717, 1.165) is 22.6 Å². The average molecular weight is 386 g/mol. The van der Waals surface area contributed by atoms with Crippen molar-refractivity contribution in [3.05, 3.63) is 39.9 Å². The van der Waals surface area contributed by atoms with Gasteiger partial charge in [-0.1, -0.05) is 23.4 Å². The molecule has 27 heavy (non-hydrogen) atoms. The molecule has 3 rings (SSSR count). The van der Waals surface area contributed by atoms with Crippen LogP contribution < -0.4 is 10.5 Å². The van der Waals surface area contributed by atoms with Crippen LogP contribution in [0.25, 0.3) is 11.0 Å². The predicted octanol–water partition coefficient (Wildman–Crippen LogP) is 2.47. The average Bonchev–Trinajstić information content (AvgIpc) is 2.96. The Labute approximate surface area is 162 Å². The summed E-state index contributed by atoms with van der Waals surface area (Å²) in [5.41, 5.74) is 9.90. The van der Waals surface area contributed by atoms with Gasteiger partial charge in [0.15, 0.2) is 0 Å². The zero-order valence-electron chi connectivity index (χ0n) is 15.4. The minimum absolute atomic E-state index is 0.00313. The number of methoxy groups -OCH3 is 1. The molecule has 0 radical (unpaired) electrons. The van der Waals surface area contributed by atoms with Crippen LogP contribution in [0, 0.1) is 25.7 Å². The maximum absolute atomic E-state index is 8.96. The van der Waals surface area contributed by atoms with Gasteiger partial charge < -0.3 is 20.1 Å². The van der Waals surface area contributed by atoms with Crippen molar-refractivity contribution in [3.8, 4) is 17.6 Å². The molecule has 0 fully saturated rings. The summed E-state index contributed by atoms with van der Waals surface area (Å²) in [4.78, 5) is 12.8. The lowest BCUT2D eigenvalue weighted by atomic mass is 10.1. The SMILES string of the molecule is COc1c(C)ncc(Cn2cc(C#CCCO)c3c(Cl)nc(N)nc32)c1C. The number of ether oxygens (including phenoxy) is 1. The maximum atomic E-state index is 8.96. The highest BCUT2D eigenvalue weighted by Crippen LogP contribution is 2.29. The van der Waals surface area contributed by atoms with E-state index < -0.39 is 0 Å². The highest BCUT2D eigenvalue weighted by molar-refractivity contribution is 6.34. The normalized spacial score (nSPS) is 10.7. The fourth-order valence-corrected chi connectivity index (χ4v) is 3.25. The first-order valence-electron chi connectivity index (χ1n) is 8.36. The number of aliphatic hydroxyl groups excluding tert-OH is 1. The summed E-state index contributed by atoms with van der Waals surface area (Å²) in [7, 11) is 1.63. The van der Waals surface area contributed by atoms with Crippen LogP contribution >= 0.6 is 11.6 Å². The van der Waals surface area contributed by atoms with E-state index in [9.17, 15) is 0 Å². The minimum atomic E-state index is -0.00313. The standard InChI is InChI=1S/C19H20ClN5O2/c1-11-14(8-22-12(2)16(11)27-3)10-25-9-13(6-4-5-7-26)15-17(20)23-19(21)24-18(15)25/h8-9,26H,5,7,10H2,1-3H3,(H2,21,23,24). The molecule has 0 aliphatic rings. The molecule has 8 heteroatoms. The third-order valence-electron chi connectivity index (χ3n) is 4.26. The molecule has 3 aromatic rings. The first kappa shape index (κ1) is 19.0. The van der Waals surface area contributed by atoms with Gasteiger partial charge in [0.2, 0.25) is 5.95 Å². The van der Waals surface area contributed by atoms with E-state index in [-0.39, 0.29) is 17.7 Å². The molecule has 7 nitrogen and oxygen atoms in total. The Morgan fingerprint density at radius 3 is 2.81 bits per heavy atom. The number of nitrogen functional groups attached to an aromatic ring is 1. The molecule has 0 aliphatic heterocycles. The lowest BCUT2D eigenvalue weighted by Gasteiger charge is -2.13. The van der Waals surface area contributed by atoms with Gasteiger partial charge in [0, 0.05) is 18.8 Å². The van der Waals surface area contributed by atoms with Crippen molar-refractivity contribution in [2.75, 3.05) is 19.5 Å². The number of hydrogen-bond acceptors (Lipinski definition) is 6. The summed E-state index contributed by atoms with van der Waals surface area (Å²) >= 11 is 6.30. The van der Waals surface area contributed by atoms with Crippen LogP contribution in [-0.4, -0.2) is 38.3 Å². The number of pyridine rings is 1. The van der Waals surface area contributed by atoms with Gasteiger partial charge in [-0.25, -0.2) is 4.98 Å². The van der Waals surface area contributed by atoms with Gasteiger partial charge in [0.1, 0.15) is 16.5 Å². The van der Waals surface area contributed by atoms with Crippen LogP contribution in [0.5, 0.6) is 5.75 Å². The molecule has 3 N–H and O–H groups in total. The summed E-state index contributed by atoms with van der Waals surface area (Å²) in [6.07, 6.45) is 4.06. The number of fused-ring (bicyclic) bond motifs is 1. The minimum Gasteiger partial charge on any atom is -0.495 e. The number of halogens is 1. The molecule has 140 valence electrons. The third-order valence-corrected chi connectivity index (χ3v) is 4.53. The molecule has 0 saturated carbocycles. The quantitative estimate of drug-likeness (QED) is 0.528. The Morgan fingerprint density at radius 1 is 1.33 bits per heavy atom. The fraction of sp³-hybridized carbons (Fsp3) is 0.316. The lowest BCUT2D eigenvalue weighted by molar-refractivity contribution is 0.305. The Morgan fingerprint density at radius 2 is 2.11 bits per heavy atom. The molecule has 0 atom stereocenters. The number of aromatic nitrogens is 4. The molecule has 3 heterocycles. The van der Waals surface area contributed by atoms with Gasteiger partial charge in [-0.2, -0.15) is 4.98 Å². The van der Waals surface area contributed by atoms with Crippen molar-refractivity contribution in [1.29, 1.82) is 0 Å². The van der Waals surface area contributed by atoms with E-state index in [4.69, 9.17) is 27.2 Å².